The van der Waals surface area contributed by atoms with E-state index in [0.717, 1.165) is 0 Å². The van der Waals surface area contributed by atoms with Gasteiger partial charge in [0.1, 0.15) is 11.2 Å². The number of carbonyl (C=O) groups is 1. The lowest BCUT2D eigenvalue weighted by molar-refractivity contribution is -0.129. The first-order chi connectivity index (χ1) is 9.02. The molecule has 0 saturated carbocycles. The smallest absolute Gasteiger partial charge is 0.233 e. The molecule has 1 fully saturated rings. The van der Waals surface area contributed by atoms with Crippen LogP contribution in [0.25, 0.3) is 0 Å². The third-order valence-corrected chi connectivity index (χ3v) is 4.36. The molecule has 2 N–H and O–H groups in total. The molecule has 0 bridgehead atoms. The lowest BCUT2D eigenvalue weighted by Crippen LogP contribution is -2.37. The number of benzene rings is 1. The number of rotatable bonds is 4. The van der Waals surface area contributed by atoms with Crippen LogP contribution in [0.4, 0.5) is 4.39 Å². The molecule has 1 heterocycles. The van der Waals surface area contributed by atoms with E-state index in [1.54, 1.807) is 6.07 Å². The summed E-state index contributed by atoms with van der Waals surface area (Å²) in [7, 11) is 0. The topological polar surface area (TPSA) is 60.8 Å². The van der Waals surface area contributed by atoms with Crippen molar-refractivity contribution in [3.05, 3.63) is 34.6 Å². The van der Waals surface area contributed by atoms with Gasteiger partial charge < -0.3 is 15.1 Å². The van der Waals surface area contributed by atoms with Gasteiger partial charge in [-0.15, -0.1) is 11.8 Å². The highest BCUT2D eigenvalue weighted by Crippen LogP contribution is 2.39. The van der Waals surface area contributed by atoms with Crippen molar-refractivity contribution >= 4 is 29.3 Å². The molecule has 104 valence electrons. The Morgan fingerprint density at radius 1 is 1.58 bits per heavy atom. The highest BCUT2D eigenvalue weighted by Gasteiger charge is 2.34. The summed E-state index contributed by atoms with van der Waals surface area (Å²) in [6.07, 6.45) is -0.985. The van der Waals surface area contributed by atoms with E-state index in [1.165, 1.54) is 28.8 Å². The molecule has 0 aliphatic carbocycles. The van der Waals surface area contributed by atoms with Crippen LogP contribution in [0.5, 0.6) is 0 Å². The van der Waals surface area contributed by atoms with Crippen LogP contribution in [-0.4, -0.2) is 46.0 Å². The average molecular weight is 306 g/mol. The minimum atomic E-state index is -0.985. The van der Waals surface area contributed by atoms with Crippen molar-refractivity contribution < 1.29 is 19.4 Å². The SMILES string of the molecule is O=C1CSC(c2ccc(F)c(Cl)c2)N1CC(O)CO. The van der Waals surface area contributed by atoms with E-state index in [0.29, 0.717) is 5.56 Å². The molecule has 19 heavy (non-hydrogen) atoms. The van der Waals surface area contributed by atoms with Gasteiger partial charge in [0.25, 0.3) is 0 Å². The molecule has 2 atom stereocenters. The largest absolute Gasteiger partial charge is 0.394 e. The summed E-state index contributed by atoms with van der Waals surface area (Å²) >= 11 is 7.11. The van der Waals surface area contributed by atoms with Crippen LogP contribution in [0.15, 0.2) is 18.2 Å². The van der Waals surface area contributed by atoms with Crippen LogP contribution in [0.1, 0.15) is 10.9 Å². The van der Waals surface area contributed by atoms with Crippen molar-refractivity contribution in [3.8, 4) is 0 Å². The molecule has 7 heteroatoms. The lowest BCUT2D eigenvalue weighted by atomic mass is 10.2. The van der Waals surface area contributed by atoms with Crippen molar-refractivity contribution in [3.63, 3.8) is 0 Å². The molecule has 0 spiro atoms. The summed E-state index contributed by atoms with van der Waals surface area (Å²) in [5.74, 6) is -0.345. The Labute approximate surface area is 119 Å². The zero-order chi connectivity index (χ0) is 14.0. The number of amides is 1. The Kier molecular flexibility index (Phi) is 4.67. The van der Waals surface area contributed by atoms with E-state index in [9.17, 15) is 14.3 Å². The Morgan fingerprint density at radius 2 is 2.32 bits per heavy atom. The number of hydrogen-bond donors (Lipinski definition) is 2. The number of hydrogen-bond acceptors (Lipinski definition) is 4. The maximum Gasteiger partial charge on any atom is 0.233 e. The maximum absolute atomic E-state index is 13.1. The van der Waals surface area contributed by atoms with E-state index in [1.807, 2.05) is 0 Å². The van der Waals surface area contributed by atoms with Crippen LogP contribution in [0.2, 0.25) is 5.02 Å². The standard InChI is InChI=1S/C12H13ClFNO3S/c13-9-3-7(1-2-10(9)14)12-15(4-8(17)5-16)11(18)6-19-12/h1-3,8,12,16-17H,4-6H2. The Bertz CT molecular complexity index is 488. The van der Waals surface area contributed by atoms with Gasteiger partial charge in [0, 0.05) is 0 Å². The zero-order valence-electron chi connectivity index (χ0n) is 9.92. The molecule has 2 rings (SSSR count). The molecule has 1 amide bonds. The summed E-state index contributed by atoms with van der Waals surface area (Å²) in [5.41, 5.74) is 0.701. The maximum atomic E-state index is 13.1. The fourth-order valence-corrected chi connectivity index (χ4v) is 3.26. The first-order valence-electron chi connectivity index (χ1n) is 5.68. The molecule has 2 unspecified atom stereocenters. The zero-order valence-corrected chi connectivity index (χ0v) is 11.5. The Balaban J connectivity index is 2.21. The summed E-state index contributed by atoms with van der Waals surface area (Å²) in [6.45, 7) is -0.368. The van der Waals surface area contributed by atoms with Crippen molar-refractivity contribution in [2.45, 2.75) is 11.5 Å². The van der Waals surface area contributed by atoms with Gasteiger partial charge in [0.15, 0.2) is 0 Å². The molecule has 1 aromatic rings. The van der Waals surface area contributed by atoms with Crippen molar-refractivity contribution in [1.82, 2.24) is 4.90 Å². The number of nitrogens with zero attached hydrogens (tertiary/aromatic N) is 1. The monoisotopic (exact) mass is 305 g/mol. The third kappa shape index (κ3) is 3.20. The highest BCUT2D eigenvalue weighted by molar-refractivity contribution is 8.00. The van der Waals surface area contributed by atoms with Crippen molar-refractivity contribution in [2.75, 3.05) is 18.9 Å². The average Bonchev–Trinajstić information content (AvgIpc) is 2.74. The molecule has 1 saturated heterocycles. The second kappa shape index (κ2) is 6.09. The fraction of sp³-hybridized carbons (Fsp3) is 0.417. The van der Waals surface area contributed by atoms with Gasteiger partial charge in [-0.2, -0.15) is 0 Å². The Hall–Kier alpha value is -0.820. The fourth-order valence-electron chi connectivity index (χ4n) is 1.88. The second-order valence-corrected chi connectivity index (χ2v) is 5.70. The van der Waals surface area contributed by atoms with Crippen LogP contribution in [0, 0.1) is 5.82 Å². The molecule has 0 radical (unpaired) electrons. The van der Waals surface area contributed by atoms with Gasteiger partial charge in [-0.3, -0.25) is 4.79 Å². The van der Waals surface area contributed by atoms with Crippen LogP contribution in [-0.2, 0) is 4.79 Å². The minimum absolute atomic E-state index is 0.0000978. The van der Waals surface area contributed by atoms with Crippen LogP contribution in [0.3, 0.4) is 0 Å². The number of aliphatic hydroxyl groups is 2. The van der Waals surface area contributed by atoms with Crippen molar-refractivity contribution in [1.29, 1.82) is 0 Å². The number of β-amino-alcohol motifs (C(OH)–C–C–N with tert-alkyl or cyclic N) is 1. The van der Waals surface area contributed by atoms with E-state index in [2.05, 4.69) is 0 Å². The van der Waals surface area contributed by atoms with Crippen molar-refractivity contribution in [2.24, 2.45) is 0 Å². The van der Waals surface area contributed by atoms with Gasteiger partial charge in [0.2, 0.25) is 5.91 Å². The third-order valence-electron chi connectivity index (χ3n) is 2.82. The summed E-state index contributed by atoms with van der Waals surface area (Å²) in [5, 5.41) is 18.0. The van der Waals surface area contributed by atoms with Gasteiger partial charge in [-0.25, -0.2) is 4.39 Å². The number of thioether (sulfide) groups is 1. The van der Waals surface area contributed by atoms with Gasteiger partial charge in [-0.1, -0.05) is 17.7 Å². The first kappa shape index (κ1) is 14.6. The molecular weight excluding hydrogens is 293 g/mol. The molecule has 0 aromatic heterocycles. The molecule has 1 aliphatic heterocycles. The van der Waals surface area contributed by atoms with E-state index < -0.39 is 18.5 Å². The van der Waals surface area contributed by atoms with Crippen LogP contribution < -0.4 is 0 Å². The van der Waals surface area contributed by atoms with Gasteiger partial charge in [-0.05, 0) is 17.7 Å². The van der Waals surface area contributed by atoms with Gasteiger partial charge in [0.05, 0.1) is 30.0 Å². The van der Waals surface area contributed by atoms with E-state index >= 15 is 0 Å². The normalized spacial score (nSPS) is 20.9. The number of carbonyl (C=O) groups excluding carboxylic acids is 1. The molecule has 4 nitrogen and oxygen atoms in total. The number of halogens is 2. The molecule has 1 aromatic carbocycles. The Morgan fingerprint density at radius 3 is 2.95 bits per heavy atom. The molecule has 1 aliphatic rings. The quantitative estimate of drug-likeness (QED) is 0.883. The molecular formula is C12H13ClFNO3S. The first-order valence-corrected chi connectivity index (χ1v) is 7.10. The van der Waals surface area contributed by atoms with Crippen LogP contribution >= 0.6 is 23.4 Å². The summed E-state index contributed by atoms with van der Waals surface area (Å²) < 4.78 is 13.1. The van der Waals surface area contributed by atoms with Gasteiger partial charge >= 0.3 is 0 Å². The lowest BCUT2D eigenvalue weighted by Gasteiger charge is -2.26. The summed E-state index contributed by atoms with van der Waals surface area (Å²) in [6, 6.07) is 4.29. The van der Waals surface area contributed by atoms with E-state index in [-0.39, 0.29) is 28.6 Å². The second-order valence-electron chi connectivity index (χ2n) is 4.22. The highest BCUT2D eigenvalue weighted by atomic mass is 35.5. The van der Waals surface area contributed by atoms with E-state index in [4.69, 9.17) is 16.7 Å². The minimum Gasteiger partial charge on any atom is -0.394 e. The number of aliphatic hydroxyl groups excluding tert-OH is 2. The summed E-state index contributed by atoms with van der Waals surface area (Å²) in [4.78, 5) is 13.2. The predicted octanol–water partition coefficient (Wildman–Crippen LogP) is 1.41. The predicted molar refractivity (Wildman–Crippen MR) is 71.4 cm³/mol.